The van der Waals surface area contributed by atoms with Crippen LogP contribution in [0.5, 0.6) is 0 Å². The Kier molecular flexibility index (Phi) is 10.3. The van der Waals surface area contributed by atoms with E-state index in [1.165, 1.54) is 0 Å². The van der Waals surface area contributed by atoms with Gasteiger partial charge in [-0.05, 0) is 37.7 Å². The molecule has 0 saturated heterocycles. The van der Waals surface area contributed by atoms with Crippen LogP contribution in [-0.2, 0) is 4.79 Å². The summed E-state index contributed by atoms with van der Waals surface area (Å²) in [6.45, 7) is 4.85. The standard InChI is InChI=1S/C14H28N2OS2/c1-4-8-14(9-5-2,12(15)18)13(17)16-10-6-7-11-19-3/h4-11H2,1-3H3,(H2,15,18)(H,16,17). The van der Waals surface area contributed by atoms with Crippen molar-refractivity contribution in [2.24, 2.45) is 11.1 Å². The van der Waals surface area contributed by atoms with Crippen LogP contribution in [0, 0.1) is 5.41 Å². The second kappa shape index (κ2) is 10.5. The van der Waals surface area contributed by atoms with Gasteiger partial charge < -0.3 is 11.1 Å². The third-order valence-electron chi connectivity index (χ3n) is 3.32. The van der Waals surface area contributed by atoms with Crippen molar-refractivity contribution in [2.75, 3.05) is 18.6 Å². The molecule has 0 aromatic rings. The first-order chi connectivity index (χ1) is 9.05. The second-order valence-corrected chi connectivity index (χ2v) is 6.33. The molecule has 0 fully saturated rings. The zero-order chi connectivity index (χ0) is 14.7. The van der Waals surface area contributed by atoms with Crippen LogP contribution in [-0.4, -0.2) is 29.4 Å². The van der Waals surface area contributed by atoms with E-state index in [-0.39, 0.29) is 5.91 Å². The Morgan fingerprint density at radius 3 is 2.26 bits per heavy atom. The van der Waals surface area contributed by atoms with E-state index in [4.69, 9.17) is 18.0 Å². The van der Waals surface area contributed by atoms with E-state index in [9.17, 15) is 4.79 Å². The summed E-state index contributed by atoms with van der Waals surface area (Å²) in [6.07, 6.45) is 7.55. The fourth-order valence-corrected chi connectivity index (χ4v) is 3.10. The fourth-order valence-electron chi connectivity index (χ4n) is 2.31. The lowest BCUT2D eigenvalue weighted by molar-refractivity contribution is -0.128. The van der Waals surface area contributed by atoms with Crippen LogP contribution in [0.15, 0.2) is 0 Å². The molecule has 0 unspecified atom stereocenters. The number of hydrogen-bond acceptors (Lipinski definition) is 3. The summed E-state index contributed by atoms with van der Waals surface area (Å²) >= 11 is 7.00. The lowest BCUT2D eigenvalue weighted by atomic mass is 9.78. The average Bonchev–Trinajstić information content (AvgIpc) is 2.37. The van der Waals surface area contributed by atoms with E-state index >= 15 is 0 Å². The number of thiocarbonyl (C=S) groups is 1. The largest absolute Gasteiger partial charge is 0.392 e. The lowest BCUT2D eigenvalue weighted by Gasteiger charge is -2.31. The van der Waals surface area contributed by atoms with Crippen LogP contribution in [0.1, 0.15) is 52.4 Å². The quantitative estimate of drug-likeness (QED) is 0.455. The summed E-state index contributed by atoms with van der Waals surface area (Å²) < 4.78 is 0. The molecule has 0 aromatic heterocycles. The molecule has 112 valence electrons. The highest BCUT2D eigenvalue weighted by Gasteiger charge is 2.39. The van der Waals surface area contributed by atoms with Crippen LogP contribution in [0.2, 0.25) is 0 Å². The highest BCUT2D eigenvalue weighted by Crippen LogP contribution is 2.30. The lowest BCUT2D eigenvalue weighted by Crippen LogP contribution is -2.49. The molecule has 1 amide bonds. The smallest absolute Gasteiger partial charge is 0.233 e. The van der Waals surface area contributed by atoms with Gasteiger partial charge in [0.25, 0.3) is 0 Å². The van der Waals surface area contributed by atoms with Crippen molar-refractivity contribution >= 4 is 34.9 Å². The van der Waals surface area contributed by atoms with Gasteiger partial charge in [-0.3, -0.25) is 4.79 Å². The summed E-state index contributed by atoms with van der Waals surface area (Å²) in [5.74, 6) is 1.16. The molecule has 19 heavy (non-hydrogen) atoms. The van der Waals surface area contributed by atoms with E-state index < -0.39 is 5.41 Å². The fraction of sp³-hybridized carbons (Fsp3) is 0.857. The highest BCUT2D eigenvalue weighted by molar-refractivity contribution is 7.98. The van der Waals surface area contributed by atoms with Crippen molar-refractivity contribution in [3.63, 3.8) is 0 Å². The topological polar surface area (TPSA) is 55.1 Å². The van der Waals surface area contributed by atoms with Crippen LogP contribution in [0.4, 0.5) is 0 Å². The summed E-state index contributed by atoms with van der Waals surface area (Å²) in [4.78, 5) is 12.8. The molecule has 0 radical (unpaired) electrons. The predicted molar refractivity (Wildman–Crippen MR) is 89.7 cm³/mol. The number of carbonyl (C=O) groups is 1. The van der Waals surface area contributed by atoms with Gasteiger partial charge in [-0.1, -0.05) is 38.9 Å². The molecule has 0 aliphatic rings. The molecule has 3 nitrogen and oxygen atoms in total. The molecule has 0 aromatic carbocycles. The first-order valence-corrected chi connectivity index (χ1v) is 8.92. The molecule has 3 N–H and O–H groups in total. The molecule has 0 aliphatic carbocycles. The van der Waals surface area contributed by atoms with Gasteiger partial charge in [-0.2, -0.15) is 11.8 Å². The average molecular weight is 305 g/mol. The van der Waals surface area contributed by atoms with Gasteiger partial charge in [0.2, 0.25) is 5.91 Å². The number of carbonyl (C=O) groups excluding carboxylic acids is 1. The highest BCUT2D eigenvalue weighted by atomic mass is 32.2. The predicted octanol–water partition coefficient (Wildman–Crippen LogP) is 3.12. The van der Waals surface area contributed by atoms with E-state index in [0.29, 0.717) is 4.99 Å². The summed E-state index contributed by atoms with van der Waals surface area (Å²) in [7, 11) is 0. The molecule has 0 rings (SSSR count). The molecule has 0 atom stereocenters. The Morgan fingerprint density at radius 1 is 1.26 bits per heavy atom. The molecule has 5 heteroatoms. The minimum Gasteiger partial charge on any atom is -0.392 e. The molecular weight excluding hydrogens is 276 g/mol. The minimum atomic E-state index is -0.641. The van der Waals surface area contributed by atoms with Crippen molar-refractivity contribution < 1.29 is 4.79 Å². The summed E-state index contributed by atoms with van der Waals surface area (Å²) in [5, 5.41) is 3.02. The van der Waals surface area contributed by atoms with Crippen LogP contribution in [0.3, 0.4) is 0 Å². The molecule has 0 saturated carbocycles. The summed E-state index contributed by atoms with van der Waals surface area (Å²) in [5.41, 5.74) is 5.22. The maximum absolute atomic E-state index is 12.4. The van der Waals surface area contributed by atoms with Crippen molar-refractivity contribution in [3.05, 3.63) is 0 Å². The number of amides is 1. The second-order valence-electron chi connectivity index (χ2n) is 4.90. The van der Waals surface area contributed by atoms with E-state index in [0.717, 1.165) is 50.8 Å². The van der Waals surface area contributed by atoms with Crippen molar-refractivity contribution in [1.82, 2.24) is 5.32 Å². The molecule has 0 bridgehead atoms. The number of nitrogens with two attached hydrogens (primary N) is 1. The Morgan fingerprint density at radius 2 is 1.84 bits per heavy atom. The Bertz CT molecular complexity index is 277. The van der Waals surface area contributed by atoms with Crippen LogP contribution in [0.25, 0.3) is 0 Å². The zero-order valence-corrected chi connectivity index (χ0v) is 14.1. The van der Waals surface area contributed by atoms with Crippen molar-refractivity contribution in [3.8, 4) is 0 Å². The van der Waals surface area contributed by atoms with Gasteiger partial charge in [0, 0.05) is 6.54 Å². The molecule has 0 spiro atoms. The number of unbranched alkanes of at least 4 members (excludes halogenated alkanes) is 1. The summed E-state index contributed by atoms with van der Waals surface area (Å²) in [6, 6.07) is 0. The van der Waals surface area contributed by atoms with E-state index in [1.54, 1.807) is 0 Å². The number of thioether (sulfide) groups is 1. The van der Waals surface area contributed by atoms with Gasteiger partial charge in [0.15, 0.2) is 0 Å². The first kappa shape index (κ1) is 18.7. The molecule has 0 aliphatic heterocycles. The van der Waals surface area contributed by atoms with Gasteiger partial charge in [-0.15, -0.1) is 0 Å². The molecular formula is C14H28N2OS2. The van der Waals surface area contributed by atoms with Crippen LogP contribution < -0.4 is 11.1 Å². The van der Waals surface area contributed by atoms with Gasteiger partial charge in [0.1, 0.15) is 0 Å². The SMILES string of the molecule is CCCC(CCC)(C(=O)NCCCCSC)C(N)=S. The van der Waals surface area contributed by atoms with Crippen molar-refractivity contribution in [2.45, 2.75) is 52.4 Å². The van der Waals surface area contributed by atoms with Crippen molar-refractivity contribution in [1.29, 1.82) is 0 Å². The van der Waals surface area contributed by atoms with Gasteiger partial charge >= 0.3 is 0 Å². The normalized spacial score (nSPS) is 11.3. The van der Waals surface area contributed by atoms with Gasteiger partial charge in [-0.25, -0.2) is 0 Å². The third-order valence-corrected chi connectivity index (χ3v) is 4.41. The van der Waals surface area contributed by atoms with Gasteiger partial charge in [0.05, 0.1) is 10.4 Å². The maximum Gasteiger partial charge on any atom is 0.233 e. The number of nitrogens with one attached hydrogen (secondary N) is 1. The van der Waals surface area contributed by atoms with Crippen LogP contribution >= 0.6 is 24.0 Å². The molecule has 0 heterocycles. The monoisotopic (exact) mass is 304 g/mol. The number of hydrogen-bond donors (Lipinski definition) is 2. The van der Waals surface area contributed by atoms with E-state index in [2.05, 4.69) is 25.4 Å². The Hall–Kier alpha value is -0.290. The Labute approximate surface area is 127 Å². The minimum absolute atomic E-state index is 0.0212. The Balaban J connectivity index is 4.49. The first-order valence-electron chi connectivity index (χ1n) is 7.12. The van der Waals surface area contributed by atoms with E-state index in [1.807, 2.05) is 11.8 Å². The maximum atomic E-state index is 12.4. The number of rotatable bonds is 11. The third kappa shape index (κ3) is 6.13. The zero-order valence-electron chi connectivity index (χ0n) is 12.5.